The highest BCUT2D eigenvalue weighted by atomic mass is 16.6. The molecule has 1 atom stereocenters. The molecule has 0 saturated carbocycles. The summed E-state index contributed by atoms with van der Waals surface area (Å²) < 4.78 is 17.3. The lowest BCUT2D eigenvalue weighted by Crippen LogP contribution is -2.25. The Hall–Kier alpha value is -4.72. The quantitative estimate of drug-likeness (QED) is 0.249. The van der Waals surface area contributed by atoms with Crippen molar-refractivity contribution in [1.82, 2.24) is 9.78 Å². The first kappa shape index (κ1) is 25.4. The van der Waals surface area contributed by atoms with Gasteiger partial charge in [0.05, 0.1) is 44.1 Å². The van der Waals surface area contributed by atoms with Gasteiger partial charge in [-0.15, -0.1) is 0 Å². The van der Waals surface area contributed by atoms with E-state index in [2.05, 4.69) is 0 Å². The molecule has 0 amide bonds. The van der Waals surface area contributed by atoms with Gasteiger partial charge in [0, 0.05) is 5.56 Å². The number of hydrogen-bond acceptors (Lipinski definition) is 7. The van der Waals surface area contributed by atoms with E-state index in [1.165, 1.54) is 14.2 Å². The first-order valence-electron chi connectivity index (χ1n) is 11.6. The molecule has 0 aliphatic heterocycles. The molecule has 0 radical (unpaired) electrons. The molecule has 8 nitrogen and oxygen atoms in total. The number of carbonyl (C=O) groups excluding carboxylic acids is 3. The van der Waals surface area contributed by atoms with Crippen molar-refractivity contribution in [3.05, 3.63) is 114 Å². The van der Waals surface area contributed by atoms with E-state index < -0.39 is 24.0 Å². The monoisotopic (exact) mass is 498 g/mol. The molecule has 8 heteroatoms. The number of rotatable bonds is 9. The van der Waals surface area contributed by atoms with Crippen LogP contribution in [0.2, 0.25) is 0 Å². The Kier molecular flexibility index (Phi) is 8.10. The van der Waals surface area contributed by atoms with Crippen LogP contribution in [0.25, 0.3) is 11.1 Å². The van der Waals surface area contributed by atoms with Gasteiger partial charge < -0.3 is 14.2 Å². The van der Waals surface area contributed by atoms with Crippen LogP contribution in [0.3, 0.4) is 0 Å². The number of aromatic nitrogens is 2. The van der Waals surface area contributed by atoms with Gasteiger partial charge in [-0.1, -0.05) is 78.9 Å². The molecule has 0 bridgehead atoms. The number of methoxy groups -OCH3 is 2. The highest BCUT2D eigenvalue weighted by Crippen LogP contribution is 2.35. The van der Waals surface area contributed by atoms with E-state index in [1.54, 1.807) is 35.0 Å². The van der Waals surface area contributed by atoms with Crippen LogP contribution in [0.4, 0.5) is 0 Å². The molecule has 37 heavy (non-hydrogen) atoms. The van der Waals surface area contributed by atoms with Crippen molar-refractivity contribution in [3.63, 3.8) is 0 Å². The number of esters is 3. The Morgan fingerprint density at radius 2 is 1.41 bits per heavy atom. The molecular weight excluding hydrogens is 472 g/mol. The molecule has 1 aromatic heterocycles. The maximum atomic E-state index is 13.1. The summed E-state index contributed by atoms with van der Waals surface area (Å²) in [7, 11) is 2.52. The third-order valence-electron chi connectivity index (χ3n) is 5.74. The zero-order chi connectivity index (χ0) is 26.2. The van der Waals surface area contributed by atoms with E-state index in [0.29, 0.717) is 22.5 Å². The summed E-state index contributed by atoms with van der Waals surface area (Å²) in [5.74, 6) is -1.97. The fourth-order valence-corrected chi connectivity index (χ4v) is 3.99. The van der Waals surface area contributed by atoms with Crippen molar-refractivity contribution < 1.29 is 28.6 Å². The number of carbonyl (C=O) groups is 3. The lowest BCUT2D eigenvalue weighted by molar-refractivity contribution is -0.151. The number of ether oxygens (including phenoxy) is 3. The normalized spacial score (nSPS) is 11.4. The minimum atomic E-state index is -1.45. The third kappa shape index (κ3) is 5.92. The van der Waals surface area contributed by atoms with Gasteiger partial charge in [0.2, 0.25) is 6.10 Å². The third-order valence-corrected chi connectivity index (χ3v) is 5.74. The molecule has 0 spiro atoms. The van der Waals surface area contributed by atoms with Crippen molar-refractivity contribution in [2.45, 2.75) is 19.1 Å². The van der Waals surface area contributed by atoms with E-state index in [4.69, 9.17) is 19.3 Å². The highest BCUT2D eigenvalue weighted by molar-refractivity contribution is 5.92. The number of nitrogens with zero attached hydrogens (tertiary/aromatic N) is 2. The Bertz CT molecular complexity index is 1370. The maximum absolute atomic E-state index is 13.1. The van der Waals surface area contributed by atoms with Crippen molar-refractivity contribution in [3.8, 4) is 11.1 Å². The van der Waals surface area contributed by atoms with Gasteiger partial charge in [0.1, 0.15) is 0 Å². The van der Waals surface area contributed by atoms with E-state index >= 15 is 0 Å². The molecule has 188 valence electrons. The van der Waals surface area contributed by atoms with Crippen LogP contribution in [0.5, 0.6) is 0 Å². The molecule has 1 unspecified atom stereocenters. The summed E-state index contributed by atoms with van der Waals surface area (Å²) >= 11 is 0. The van der Waals surface area contributed by atoms with Gasteiger partial charge in [-0.3, -0.25) is 9.48 Å². The largest absolute Gasteiger partial charge is 0.469 e. The van der Waals surface area contributed by atoms with Crippen LogP contribution in [0, 0.1) is 0 Å². The number of benzene rings is 3. The molecule has 4 aromatic rings. The lowest BCUT2D eigenvalue weighted by atomic mass is 9.98. The van der Waals surface area contributed by atoms with Crippen LogP contribution < -0.4 is 0 Å². The van der Waals surface area contributed by atoms with E-state index in [-0.39, 0.29) is 18.5 Å². The molecule has 0 fully saturated rings. The second-order valence-corrected chi connectivity index (χ2v) is 8.14. The molecule has 3 aromatic carbocycles. The molecule has 0 saturated heterocycles. The van der Waals surface area contributed by atoms with Gasteiger partial charge >= 0.3 is 17.9 Å². The summed E-state index contributed by atoms with van der Waals surface area (Å²) in [5, 5.41) is 4.70. The summed E-state index contributed by atoms with van der Waals surface area (Å²) in [4.78, 5) is 38.5. The standard InChI is InChI=1S/C29H26N2O6/c1-35-24(32)18-23-25(21-14-8-4-9-15-21)26(31(30-23)19-20-12-6-3-7-13-20)27(29(34)36-2)37-28(33)22-16-10-5-11-17-22/h3-17,27H,18-19H2,1-2H3. The zero-order valence-corrected chi connectivity index (χ0v) is 20.5. The van der Waals surface area contributed by atoms with Crippen LogP contribution in [-0.2, 0) is 36.8 Å². The second kappa shape index (κ2) is 11.8. The molecule has 1 heterocycles. The summed E-state index contributed by atoms with van der Waals surface area (Å²) in [6.45, 7) is 0.258. The van der Waals surface area contributed by atoms with Gasteiger partial charge in [0.15, 0.2) is 0 Å². The van der Waals surface area contributed by atoms with Crippen molar-refractivity contribution >= 4 is 17.9 Å². The predicted molar refractivity (Wildman–Crippen MR) is 136 cm³/mol. The van der Waals surface area contributed by atoms with Crippen molar-refractivity contribution in [2.24, 2.45) is 0 Å². The first-order valence-corrected chi connectivity index (χ1v) is 11.6. The lowest BCUT2D eigenvalue weighted by Gasteiger charge is -2.19. The summed E-state index contributed by atoms with van der Waals surface area (Å²) in [5.41, 5.74) is 3.05. The molecule has 0 aliphatic rings. The van der Waals surface area contributed by atoms with Crippen LogP contribution in [-0.4, -0.2) is 41.9 Å². The van der Waals surface area contributed by atoms with Crippen LogP contribution in [0.15, 0.2) is 91.0 Å². The minimum absolute atomic E-state index is 0.143. The fourth-order valence-electron chi connectivity index (χ4n) is 3.99. The Morgan fingerprint density at radius 3 is 2.00 bits per heavy atom. The van der Waals surface area contributed by atoms with Gasteiger partial charge in [0.25, 0.3) is 0 Å². The Morgan fingerprint density at radius 1 is 0.811 bits per heavy atom. The summed E-state index contributed by atoms with van der Waals surface area (Å²) in [6, 6.07) is 27.1. The first-order chi connectivity index (χ1) is 18.0. The van der Waals surface area contributed by atoms with Gasteiger partial charge in [-0.2, -0.15) is 5.10 Å². The average Bonchev–Trinajstić information content (AvgIpc) is 3.29. The molecule has 0 aliphatic carbocycles. The second-order valence-electron chi connectivity index (χ2n) is 8.14. The van der Waals surface area contributed by atoms with Gasteiger partial charge in [-0.05, 0) is 23.3 Å². The highest BCUT2D eigenvalue weighted by Gasteiger charge is 2.35. The Balaban J connectivity index is 1.92. The molecule has 4 rings (SSSR count). The topological polar surface area (TPSA) is 96.7 Å². The van der Waals surface area contributed by atoms with E-state index in [1.807, 2.05) is 60.7 Å². The average molecular weight is 499 g/mol. The minimum Gasteiger partial charge on any atom is -0.469 e. The van der Waals surface area contributed by atoms with E-state index in [0.717, 1.165) is 5.56 Å². The Labute approximate surface area is 214 Å². The summed E-state index contributed by atoms with van der Waals surface area (Å²) in [6.07, 6.45) is -1.59. The fraction of sp³-hybridized carbons (Fsp3) is 0.172. The van der Waals surface area contributed by atoms with Crippen molar-refractivity contribution in [2.75, 3.05) is 14.2 Å². The smallest absolute Gasteiger partial charge is 0.353 e. The SMILES string of the molecule is COC(=O)Cc1nn(Cc2ccccc2)c(C(OC(=O)c2ccccc2)C(=O)OC)c1-c1ccccc1. The van der Waals surface area contributed by atoms with Crippen LogP contribution >= 0.6 is 0 Å². The van der Waals surface area contributed by atoms with Crippen molar-refractivity contribution in [1.29, 1.82) is 0 Å². The van der Waals surface area contributed by atoms with Crippen LogP contribution in [0.1, 0.15) is 33.4 Å². The molecular formula is C29H26N2O6. The number of hydrogen-bond donors (Lipinski definition) is 0. The van der Waals surface area contributed by atoms with Gasteiger partial charge in [-0.25, -0.2) is 9.59 Å². The molecule has 0 N–H and O–H groups in total. The zero-order valence-electron chi connectivity index (χ0n) is 20.5. The van der Waals surface area contributed by atoms with E-state index in [9.17, 15) is 14.4 Å². The predicted octanol–water partition coefficient (Wildman–Crippen LogP) is 4.39. The maximum Gasteiger partial charge on any atom is 0.353 e.